The van der Waals surface area contributed by atoms with E-state index in [-0.39, 0.29) is 17.5 Å². The fourth-order valence-electron chi connectivity index (χ4n) is 2.12. The smallest absolute Gasteiger partial charge is 0.277 e. The fraction of sp³-hybridized carbons (Fsp3) is 0.111. The Labute approximate surface area is 144 Å². The van der Waals surface area contributed by atoms with Gasteiger partial charge in [-0.25, -0.2) is 4.98 Å². The van der Waals surface area contributed by atoms with Crippen LogP contribution in [0.1, 0.15) is 33.7 Å². The number of hydrogen-bond acceptors (Lipinski definition) is 5. The van der Waals surface area contributed by atoms with E-state index in [2.05, 4.69) is 20.6 Å². The van der Waals surface area contributed by atoms with Crippen molar-refractivity contribution in [1.29, 1.82) is 0 Å². The van der Waals surface area contributed by atoms with Gasteiger partial charge in [-0.3, -0.25) is 14.6 Å². The SMILES string of the molecule is CCc1nc(C(=O)Nc2ccc(C(=O)Nc3cccnc3)cc2)co1. The van der Waals surface area contributed by atoms with Crippen molar-refractivity contribution >= 4 is 23.2 Å². The average Bonchev–Trinajstić information content (AvgIpc) is 3.12. The summed E-state index contributed by atoms with van der Waals surface area (Å²) in [5.74, 6) is -0.112. The molecule has 7 nitrogen and oxygen atoms in total. The summed E-state index contributed by atoms with van der Waals surface area (Å²) in [6, 6.07) is 10.0. The number of oxazole rings is 1. The van der Waals surface area contributed by atoms with Crippen LogP contribution in [0.4, 0.5) is 11.4 Å². The van der Waals surface area contributed by atoms with Crippen molar-refractivity contribution in [3.05, 3.63) is 72.2 Å². The third kappa shape index (κ3) is 4.08. The Kier molecular flexibility index (Phi) is 4.84. The molecule has 0 aliphatic carbocycles. The van der Waals surface area contributed by atoms with Crippen molar-refractivity contribution in [3.8, 4) is 0 Å². The van der Waals surface area contributed by atoms with E-state index in [1.54, 1.807) is 48.8 Å². The van der Waals surface area contributed by atoms with Crippen molar-refractivity contribution in [2.45, 2.75) is 13.3 Å². The summed E-state index contributed by atoms with van der Waals surface area (Å²) in [4.78, 5) is 32.2. The maximum Gasteiger partial charge on any atom is 0.277 e. The zero-order valence-corrected chi connectivity index (χ0v) is 13.5. The van der Waals surface area contributed by atoms with Crippen LogP contribution in [-0.4, -0.2) is 21.8 Å². The van der Waals surface area contributed by atoms with Gasteiger partial charge in [0.1, 0.15) is 6.26 Å². The van der Waals surface area contributed by atoms with Gasteiger partial charge in [0, 0.05) is 23.9 Å². The molecular formula is C18H16N4O3. The van der Waals surface area contributed by atoms with Crippen LogP contribution in [0, 0.1) is 0 Å². The summed E-state index contributed by atoms with van der Waals surface area (Å²) in [6.45, 7) is 1.89. The number of benzene rings is 1. The van der Waals surface area contributed by atoms with E-state index < -0.39 is 0 Å². The topological polar surface area (TPSA) is 97.1 Å². The predicted octanol–water partition coefficient (Wildman–Crippen LogP) is 3.14. The fourth-order valence-corrected chi connectivity index (χ4v) is 2.12. The Morgan fingerprint density at radius 2 is 1.80 bits per heavy atom. The molecule has 3 aromatic rings. The molecule has 0 bridgehead atoms. The molecule has 2 N–H and O–H groups in total. The maximum atomic E-state index is 12.2. The van der Waals surface area contributed by atoms with Gasteiger partial charge in [0.15, 0.2) is 11.6 Å². The molecule has 25 heavy (non-hydrogen) atoms. The number of anilines is 2. The lowest BCUT2D eigenvalue weighted by Gasteiger charge is -2.06. The first-order valence-electron chi connectivity index (χ1n) is 7.73. The van der Waals surface area contributed by atoms with Gasteiger partial charge in [0.2, 0.25) is 0 Å². The summed E-state index contributed by atoms with van der Waals surface area (Å²) in [5, 5.41) is 5.45. The van der Waals surface area contributed by atoms with Crippen LogP contribution in [0.25, 0.3) is 0 Å². The van der Waals surface area contributed by atoms with E-state index in [0.717, 1.165) is 0 Å². The molecule has 1 aromatic carbocycles. The number of aryl methyl sites for hydroxylation is 1. The highest BCUT2D eigenvalue weighted by molar-refractivity contribution is 6.05. The third-order valence-electron chi connectivity index (χ3n) is 3.41. The normalized spacial score (nSPS) is 10.3. The first-order valence-corrected chi connectivity index (χ1v) is 7.73. The van der Waals surface area contributed by atoms with E-state index in [1.165, 1.54) is 6.26 Å². The number of rotatable bonds is 5. The van der Waals surface area contributed by atoms with Crippen LogP contribution in [0.2, 0.25) is 0 Å². The number of amides is 2. The number of nitrogens with one attached hydrogen (secondary N) is 2. The standard InChI is InChI=1S/C18H16N4O3/c1-2-16-22-15(11-25-16)18(24)20-13-7-5-12(6-8-13)17(23)21-14-4-3-9-19-10-14/h3-11H,2H2,1H3,(H,20,24)(H,21,23). The molecule has 0 fully saturated rings. The van der Waals surface area contributed by atoms with E-state index in [4.69, 9.17) is 4.42 Å². The number of nitrogens with zero attached hydrogens (tertiary/aromatic N) is 2. The van der Waals surface area contributed by atoms with Gasteiger partial charge in [-0.1, -0.05) is 6.92 Å². The highest BCUT2D eigenvalue weighted by atomic mass is 16.3. The largest absolute Gasteiger partial charge is 0.448 e. The van der Waals surface area contributed by atoms with Crippen LogP contribution in [0.5, 0.6) is 0 Å². The van der Waals surface area contributed by atoms with Gasteiger partial charge in [-0.2, -0.15) is 0 Å². The Balaban J connectivity index is 1.63. The van der Waals surface area contributed by atoms with Crippen molar-refractivity contribution in [1.82, 2.24) is 9.97 Å². The van der Waals surface area contributed by atoms with Crippen molar-refractivity contribution in [3.63, 3.8) is 0 Å². The van der Waals surface area contributed by atoms with Gasteiger partial charge in [0.05, 0.1) is 11.9 Å². The summed E-state index contributed by atoms with van der Waals surface area (Å²) in [5.41, 5.74) is 1.86. The van der Waals surface area contributed by atoms with E-state index >= 15 is 0 Å². The highest BCUT2D eigenvalue weighted by Gasteiger charge is 2.12. The lowest BCUT2D eigenvalue weighted by molar-refractivity contribution is 0.101. The number of aromatic nitrogens is 2. The number of carbonyl (C=O) groups excluding carboxylic acids is 2. The predicted molar refractivity (Wildman–Crippen MR) is 92.5 cm³/mol. The zero-order chi connectivity index (χ0) is 17.6. The van der Waals surface area contributed by atoms with Crippen molar-refractivity contribution < 1.29 is 14.0 Å². The summed E-state index contributed by atoms with van der Waals surface area (Å²) in [7, 11) is 0. The molecule has 0 aliphatic rings. The number of hydrogen-bond donors (Lipinski definition) is 2. The number of pyridine rings is 1. The van der Waals surface area contributed by atoms with Crippen molar-refractivity contribution in [2.75, 3.05) is 10.6 Å². The van der Waals surface area contributed by atoms with Gasteiger partial charge in [0.25, 0.3) is 11.8 Å². The second-order valence-electron chi connectivity index (χ2n) is 5.21. The Morgan fingerprint density at radius 1 is 1.04 bits per heavy atom. The van der Waals surface area contributed by atoms with Crippen molar-refractivity contribution in [2.24, 2.45) is 0 Å². The summed E-state index contributed by atoms with van der Waals surface area (Å²) < 4.78 is 5.15. The second-order valence-corrected chi connectivity index (χ2v) is 5.21. The Hall–Kier alpha value is -3.48. The molecule has 3 rings (SSSR count). The molecule has 2 aromatic heterocycles. The summed E-state index contributed by atoms with van der Waals surface area (Å²) >= 11 is 0. The Morgan fingerprint density at radius 3 is 2.44 bits per heavy atom. The van der Waals surface area contributed by atoms with Crippen LogP contribution in [-0.2, 0) is 6.42 Å². The molecule has 0 atom stereocenters. The van der Waals surface area contributed by atoms with E-state index in [1.807, 2.05) is 6.92 Å². The first-order chi connectivity index (χ1) is 12.2. The van der Waals surface area contributed by atoms with Gasteiger partial charge in [-0.15, -0.1) is 0 Å². The Bertz CT molecular complexity index is 873. The lowest BCUT2D eigenvalue weighted by Crippen LogP contribution is -2.14. The lowest BCUT2D eigenvalue weighted by atomic mass is 10.2. The zero-order valence-electron chi connectivity index (χ0n) is 13.5. The molecule has 0 unspecified atom stereocenters. The van der Waals surface area contributed by atoms with Crippen LogP contribution in [0.15, 0.2) is 59.5 Å². The maximum absolute atomic E-state index is 12.2. The minimum atomic E-state index is -0.365. The number of carbonyl (C=O) groups is 2. The second kappa shape index (κ2) is 7.39. The monoisotopic (exact) mass is 336 g/mol. The van der Waals surface area contributed by atoms with Gasteiger partial charge >= 0.3 is 0 Å². The minimum Gasteiger partial charge on any atom is -0.448 e. The highest BCUT2D eigenvalue weighted by Crippen LogP contribution is 2.13. The minimum absolute atomic E-state index is 0.218. The summed E-state index contributed by atoms with van der Waals surface area (Å²) in [6.07, 6.45) is 5.14. The van der Waals surface area contributed by atoms with Gasteiger partial charge in [-0.05, 0) is 36.4 Å². The molecule has 0 radical (unpaired) electrons. The van der Waals surface area contributed by atoms with Crippen LogP contribution in [0.3, 0.4) is 0 Å². The molecule has 7 heteroatoms. The average molecular weight is 336 g/mol. The molecule has 0 spiro atoms. The van der Waals surface area contributed by atoms with E-state index in [0.29, 0.717) is 29.2 Å². The van der Waals surface area contributed by atoms with E-state index in [9.17, 15) is 9.59 Å². The molecular weight excluding hydrogens is 320 g/mol. The molecule has 0 saturated carbocycles. The molecule has 2 heterocycles. The first kappa shape index (κ1) is 16.4. The molecule has 126 valence electrons. The molecule has 2 amide bonds. The third-order valence-corrected chi connectivity index (χ3v) is 3.41. The van der Waals surface area contributed by atoms with Crippen LogP contribution >= 0.6 is 0 Å². The molecule has 0 saturated heterocycles. The van der Waals surface area contributed by atoms with Crippen LogP contribution < -0.4 is 10.6 Å². The molecule has 0 aliphatic heterocycles. The van der Waals surface area contributed by atoms with Gasteiger partial charge < -0.3 is 15.1 Å². The quantitative estimate of drug-likeness (QED) is 0.746.